The van der Waals surface area contributed by atoms with Crippen molar-refractivity contribution in [2.45, 2.75) is 146 Å². The zero-order chi connectivity index (χ0) is 36.7. The summed E-state index contributed by atoms with van der Waals surface area (Å²) in [6.45, 7) is 20.4. The SMILES string of the molecule is [B]C1OC(COP(OCCC#N)OC2C(COC(=O)CCC(=O)NC)OC([B])C2O[Si](C)(C)C(C)(C)C)C(O)C1O[Si](C)(C)C(C)(C)C. The highest BCUT2D eigenvalue weighted by Gasteiger charge is 2.51. The predicted molar refractivity (Wildman–Crippen MR) is 187 cm³/mol. The fourth-order valence-corrected chi connectivity index (χ4v) is 8.08. The zero-order valence-corrected chi connectivity index (χ0v) is 33.3. The van der Waals surface area contributed by atoms with Crippen LogP contribution in [0.5, 0.6) is 0 Å². The van der Waals surface area contributed by atoms with Crippen molar-refractivity contribution in [1.82, 2.24) is 5.32 Å². The third-order valence-corrected chi connectivity index (χ3v) is 19.5. The van der Waals surface area contributed by atoms with Gasteiger partial charge in [-0.1, -0.05) is 41.5 Å². The Hall–Kier alpha value is -0.896. The molecule has 2 rings (SSSR count). The summed E-state index contributed by atoms with van der Waals surface area (Å²) in [6, 6.07) is 0.222. The lowest BCUT2D eigenvalue weighted by molar-refractivity contribution is -0.149. The number of amides is 1. The number of hydrogen-bond donors (Lipinski definition) is 2. The summed E-state index contributed by atoms with van der Waals surface area (Å²) in [5.41, 5.74) is 0. The number of aliphatic hydroxyl groups excluding tert-OH is 1. The molecular formula is C30H55B2N2O11PSi2. The van der Waals surface area contributed by atoms with Crippen molar-refractivity contribution in [2.24, 2.45) is 0 Å². The number of nitrogens with zero attached hydrogens (tertiary/aromatic N) is 1. The lowest BCUT2D eigenvalue weighted by atomic mass is 9.93. The molecule has 0 bridgehead atoms. The Labute approximate surface area is 292 Å². The van der Waals surface area contributed by atoms with Gasteiger partial charge in [0.1, 0.15) is 46.7 Å². The minimum atomic E-state index is -2.42. The number of nitrogens with one attached hydrogen (secondary N) is 1. The van der Waals surface area contributed by atoms with E-state index in [0.717, 1.165) is 0 Å². The molecule has 0 spiro atoms. The molecule has 13 nitrogen and oxygen atoms in total. The molecule has 0 aromatic carbocycles. The molecule has 0 aromatic heterocycles. The monoisotopic (exact) mass is 728 g/mol. The normalized spacial score (nSPS) is 29.0. The van der Waals surface area contributed by atoms with Gasteiger partial charge < -0.3 is 47.1 Å². The van der Waals surface area contributed by atoms with Gasteiger partial charge in [-0.3, -0.25) is 9.59 Å². The number of carbonyl (C=O) groups is 2. The van der Waals surface area contributed by atoms with Gasteiger partial charge in [0.05, 0.1) is 44.3 Å². The number of carbonyl (C=O) groups excluding carboxylic acids is 2. The molecule has 2 aliphatic heterocycles. The Morgan fingerprint density at radius 1 is 0.875 bits per heavy atom. The third-order valence-electron chi connectivity index (χ3n) is 9.40. The third kappa shape index (κ3) is 12.1. The molecule has 0 saturated carbocycles. The summed E-state index contributed by atoms with van der Waals surface area (Å²) in [6.07, 6.45) is -5.30. The van der Waals surface area contributed by atoms with Crippen molar-refractivity contribution < 1.29 is 51.3 Å². The average Bonchev–Trinajstić information content (AvgIpc) is 3.40. The second-order valence-corrected chi connectivity index (χ2v) is 25.8. The van der Waals surface area contributed by atoms with Gasteiger partial charge in [-0.05, 0) is 36.3 Å². The van der Waals surface area contributed by atoms with Crippen molar-refractivity contribution in [3.8, 4) is 6.07 Å². The average molecular weight is 729 g/mol. The van der Waals surface area contributed by atoms with Gasteiger partial charge in [0.2, 0.25) is 5.91 Å². The number of rotatable bonds is 17. The fourth-order valence-electron chi connectivity index (χ4n) is 4.31. The van der Waals surface area contributed by atoms with E-state index >= 15 is 0 Å². The largest absolute Gasteiger partial charge is 0.463 e. The molecule has 1 amide bonds. The van der Waals surface area contributed by atoms with E-state index < -0.39 is 79.8 Å². The van der Waals surface area contributed by atoms with E-state index in [1.807, 2.05) is 6.07 Å². The van der Waals surface area contributed by atoms with Crippen LogP contribution in [-0.2, 0) is 46.2 Å². The van der Waals surface area contributed by atoms with Gasteiger partial charge in [-0.25, -0.2) is 0 Å². The van der Waals surface area contributed by atoms with E-state index in [2.05, 4.69) is 73.0 Å². The molecule has 0 aromatic rings. The summed E-state index contributed by atoms with van der Waals surface area (Å²) in [4.78, 5) is 24.0. The second kappa shape index (κ2) is 18.0. The first-order valence-corrected chi connectivity index (χ1v) is 23.3. The number of nitriles is 1. The summed E-state index contributed by atoms with van der Waals surface area (Å²) >= 11 is 0. The maximum absolute atomic E-state index is 12.4. The minimum Gasteiger partial charge on any atom is -0.463 e. The Kier molecular flexibility index (Phi) is 16.3. The second-order valence-electron chi connectivity index (χ2n) is 15.1. The van der Waals surface area contributed by atoms with Crippen LogP contribution in [0.3, 0.4) is 0 Å². The molecule has 2 N–H and O–H groups in total. The zero-order valence-electron chi connectivity index (χ0n) is 30.4. The summed E-state index contributed by atoms with van der Waals surface area (Å²) in [7, 11) is 7.28. The highest BCUT2D eigenvalue weighted by molar-refractivity contribution is 7.41. The Bertz CT molecular complexity index is 1110. The summed E-state index contributed by atoms with van der Waals surface area (Å²) in [5.74, 6) is -0.882. The molecular weight excluding hydrogens is 673 g/mol. The maximum atomic E-state index is 12.4. The van der Waals surface area contributed by atoms with Crippen molar-refractivity contribution in [3.05, 3.63) is 0 Å². The van der Waals surface area contributed by atoms with Crippen LogP contribution < -0.4 is 5.32 Å². The summed E-state index contributed by atoms with van der Waals surface area (Å²) < 4.78 is 48.7. The van der Waals surface area contributed by atoms with E-state index in [1.54, 1.807) is 0 Å². The van der Waals surface area contributed by atoms with E-state index in [9.17, 15) is 14.7 Å². The first kappa shape index (κ1) is 43.3. The standard InChI is InChI=1S/C30H55B2N2O11PSi2/c1-29(2,3)47(8,9)44-25-23(37)19(41-27(25)31)18-40-46(39-16-12-15-33)43-24-20(17-38-22(36)14-13-21(35)34-7)42-28(32)26(24)45-48(10,11)30(4,5)6/h19-20,23-28,37H,12-14,16-18H2,1-11H3,(H,34,35). The van der Waals surface area contributed by atoms with Crippen molar-refractivity contribution in [1.29, 1.82) is 5.26 Å². The van der Waals surface area contributed by atoms with Crippen LogP contribution in [0.4, 0.5) is 0 Å². The lowest BCUT2D eigenvalue weighted by Crippen LogP contribution is -2.50. The predicted octanol–water partition coefficient (Wildman–Crippen LogP) is 3.54. The van der Waals surface area contributed by atoms with E-state index in [-0.39, 0.29) is 55.1 Å². The van der Waals surface area contributed by atoms with Gasteiger partial charge in [-0.15, -0.1) is 0 Å². The molecule has 2 saturated heterocycles. The van der Waals surface area contributed by atoms with E-state index in [1.165, 1.54) is 7.05 Å². The molecule has 2 heterocycles. The summed E-state index contributed by atoms with van der Waals surface area (Å²) in [5, 5.41) is 22.5. The molecule has 4 radical (unpaired) electrons. The van der Waals surface area contributed by atoms with Crippen LogP contribution in [0.1, 0.15) is 60.8 Å². The molecule has 0 aliphatic carbocycles. The van der Waals surface area contributed by atoms with Crippen LogP contribution in [0.15, 0.2) is 0 Å². The number of ether oxygens (including phenoxy) is 3. The number of esters is 1. The van der Waals surface area contributed by atoms with Gasteiger partial charge in [-0.2, -0.15) is 5.26 Å². The van der Waals surface area contributed by atoms with Gasteiger partial charge in [0, 0.05) is 25.5 Å². The Balaban J connectivity index is 2.26. The molecule has 2 aliphatic rings. The van der Waals surface area contributed by atoms with Crippen LogP contribution in [0.25, 0.3) is 0 Å². The van der Waals surface area contributed by atoms with Crippen LogP contribution in [0, 0.1) is 11.3 Å². The molecule has 2 fully saturated rings. The first-order valence-electron chi connectivity index (χ1n) is 16.4. The highest BCUT2D eigenvalue weighted by atomic mass is 31.2. The Morgan fingerprint density at radius 3 is 1.96 bits per heavy atom. The quantitative estimate of drug-likeness (QED) is 0.0971. The van der Waals surface area contributed by atoms with Crippen LogP contribution in [-0.4, -0.2) is 125 Å². The van der Waals surface area contributed by atoms with E-state index in [4.69, 9.17) is 57.6 Å². The van der Waals surface area contributed by atoms with Gasteiger partial charge in [0.15, 0.2) is 16.6 Å². The van der Waals surface area contributed by atoms with Crippen molar-refractivity contribution >= 4 is 52.8 Å². The lowest BCUT2D eigenvalue weighted by Gasteiger charge is -2.40. The van der Waals surface area contributed by atoms with E-state index in [0.29, 0.717) is 0 Å². The molecule has 18 heteroatoms. The minimum absolute atomic E-state index is 0.000558. The topological polar surface area (TPSA) is 164 Å². The van der Waals surface area contributed by atoms with Gasteiger partial charge >= 0.3 is 14.6 Å². The first-order chi connectivity index (χ1) is 22.0. The maximum Gasteiger partial charge on any atom is 0.333 e. The number of aliphatic hydroxyl groups is 1. The molecule has 270 valence electrons. The van der Waals surface area contributed by atoms with Crippen LogP contribution in [0.2, 0.25) is 36.3 Å². The van der Waals surface area contributed by atoms with Crippen molar-refractivity contribution in [2.75, 3.05) is 26.9 Å². The van der Waals surface area contributed by atoms with Crippen LogP contribution >= 0.6 is 8.60 Å². The van der Waals surface area contributed by atoms with Gasteiger partial charge in [0.25, 0.3) is 0 Å². The smallest absolute Gasteiger partial charge is 0.333 e. The van der Waals surface area contributed by atoms with Crippen molar-refractivity contribution in [3.63, 3.8) is 0 Å². The molecule has 9 atom stereocenters. The molecule has 9 unspecified atom stereocenters. The fraction of sp³-hybridized carbons (Fsp3) is 0.900. The Morgan fingerprint density at radius 2 is 1.42 bits per heavy atom. The number of hydrogen-bond acceptors (Lipinski definition) is 12. The molecule has 48 heavy (non-hydrogen) atoms. The highest BCUT2D eigenvalue weighted by Crippen LogP contribution is 2.47.